The Balaban J connectivity index is 1.58. The summed E-state index contributed by atoms with van der Waals surface area (Å²) in [5.41, 5.74) is 1.74. The van der Waals surface area contributed by atoms with Gasteiger partial charge >= 0.3 is 0 Å². The van der Waals surface area contributed by atoms with Crippen LogP contribution in [0.5, 0.6) is 0 Å². The second-order valence-corrected chi connectivity index (χ2v) is 6.31. The molecular weight excluding hydrogens is 320 g/mol. The van der Waals surface area contributed by atoms with Gasteiger partial charge in [-0.2, -0.15) is 15.4 Å². The number of furan rings is 1. The van der Waals surface area contributed by atoms with Gasteiger partial charge in [-0.1, -0.05) is 12.1 Å². The van der Waals surface area contributed by atoms with Gasteiger partial charge in [0.1, 0.15) is 11.3 Å². The lowest BCUT2D eigenvalue weighted by Crippen LogP contribution is -2.48. The van der Waals surface area contributed by atoms with E-state index in [1.165, 1.54) is 6.20 Å². The van der Waals surface area contributed by atoms with Crippen LogP contribution in [0.15, 0.2) is 53.5 Å². The van der Waals surface area contributed by atoms with E-state index in [1.807, 2.05) is 24.3 Å². The number of nitrogens with one attached hydrogen (secondary N) is 1. The molecule has 1 saturated heterocycles. The molecule has 2 aromatic heterocycles. The molecule has 0 spiro atoms. The number of H-pyrrole nitrogens is 1. The van der Waals surface area contributed by atoms with Gasteiger partial charge in [-0.15, -0.1) is 0 Å². The molecule has 128 valence electrons. The Morgan fingerprint density at radius 1 is 1.32 bits per heavy atom. The zero-order chi connectivity index (χ0) is 17.3. The lowest BCUT2D eigenvalue weighted by Gasteiger charge is -2.38. The van der Waals surface area contributed by atoms with Crippen LogP contribution >= 0.6 is 0 Å². The van der Waals surface area contributed by atoms with Crippen LogP contribution in [0.4, 0.5) is 0 Å². The lowest BCUT2D eigenvalue weighted by molar-refractivity contribution is -0.0320. The molecule has 7 heteroatoms. The van der Waals surface area contributed by atoms with Crippen molar-refractivity contribution in [1.29, 1.82) is 0 Å². The Morgan fingerprint density at radius 2 is 2.24 bits per heavy atom. The molecule has 1 atom stereocenters. The number of likely N-dealkylation sites (tertiary alicyclic amines) is 1. The van der Waals surface area contributed by atoms with E-state index in [9.17, 15) is 9.90 Å². The first-order valence-electron chi connectivity index (χ1n) is 8.16. The minimum atomic E-state index is -1.16. The monoisotopic (exact) mass is 338 g/mol. The molecule has 0 radical (unpaired) electrons. The number of carbonyl (C=O) groups excluding carboxylic acids is 1. The highest BCUT2D eigenvalue weighted by Gasteiger charge is 2.39. The maximum Gasteiger partial charge on any atom is 0.253 e. The van der Waals surface area contributed by atoms with E-state index in [1.54, 1.807) is 23.5 Å². The smallest absolute Gasteiger partial charge is 0.253 e. The first-order chi connectivity index (χ1) is 12.2. The van der Waals surface area contributed by atoms with Gasteiger partial charge in [0.15, 0.2) is 0 Å². The Morgan fingerprint density at radius 3 is 3.00 bits per heavy atom. The summed E-state index contributed by atoms with van der Waals surface area (Å²) in [6, 6.07) is 9.27. The fraction of sp³-hybridized carbons (Fsp3) is 0.278. The van der Waals surface area contributed by atoms with Gasteiger partial charge in [-0.3, -0.25) is 4.79 Å². The van der Waals surface area contributed by atoms with Gasteiger partial charge in [0, 0.05) is 17.7 Å². The van der Waals surface area contributed by atoms with E-state index < -0.39 is 5.60 Å². The largest absolute Gasteiger partial charge is 0.472 e. The van der Waals surface area contributed by atoms with E-state index >= 15 is 0 Å². The third kappa shape index (κ3) is 2.94. The third-order valence-electron chi connectivity index (χ3n) is 4.61. The van der Waals surface area contributed by atoms with Crippen LogP contribution in [0.1, 0.15) is 28.9 Å². The summed E-state index contributed by atoms with van der Waals surface area (Å²) in [7, 11) is 0. The van der Waals surface area contributed by atoms with Crippen LogP contribution in [0.2, 0.25) is 0 Å². The molecule has 0 unspecified atom stereocenters. The van der Waals surface area contributed by atoms with Gasteiger partial charge in [-0.25, -0.2) is 0 Å². The maximum atomic E-state index is 12.9. The summed E-state index contributed by atoms with van der Waals surface area (Å²) in [6.07, 6.45) is 6.02. The van der Waals surface area contributed by atoms with Crippen molar-refractivity contribution in [3.05, 3.63) is 60.3 Å². The number of aromatic amines is 1. The van der Waals surface area contributed by atoms with Crippen molar-refractivity contribution < 1.29 is 14.3 Å². The van der Waals surface area contributed by atoms with Crippen LogP contribution in [0, 0.1) is 0 Å². The summed E-state index contributed by atoms with van der Waals surface area (Å²) in [6.45, 7) is 0.809. The first-order valence-corrected chi connectivity index (χ1v) is 8.16. The molecule has 3 heterocycles. The average molecular weight is 338 g/mol. The Kier molecular flexibility index (Phi) is 3.85. The standard InChI is InChI=1S/C18H18N4O3/c23-17(14-4-1-3-13(9-14)15-5-8-25-11-15)22-7-2-6-18(24,12-22)16-10-19-21-20-16/h1,3-5,8-11,24H,2,6-7,12H2,(H,19,20,21)/t18-/m0/s1. The normalized spacial score (nSPS) is 20.6. The molecule has 1 aromatic carbocycles. The molecule has 3 aromatic rings. The zero-order valence-corrected chi connectivity index (χ0v) is 13.6. The van der Waals surface area contributed by atoms with Crippen molar-refractivity contribution in [2.24, 2.45) is 0 Å². The van der Waals surface area contributed by atoms with E-state index in [4.69, 9.17) is 4.42 Å². The molecule has 1 fully saturated rings. The highest BCUT2D eigenvalue weighted by Crippen LogP contribution is 2.31. The number of hydrogen-bond donors (Lipinski definition) is 2. The lowest BCUT2D eigenvalue weighted by atomic mass is 9.89. The zero-order valence-electron chi connectivity index (χ0n) is 13.6. The predicted octanol–water partition coefficient (Wildman–Crippen LogP) is 2.19. The van der Waals surface area contributed by atoms with Gasteiger partial charge < -0.3 is 14.4 Å². The number of aliphatic hydroxyl groups is 1. The molecule has 1 amide bonds. The topological polar surface area (TPSA) is 95.3 Å². The molecule has 4 rings (SSSR count). The fourth-order valence-corrected chi connectivity index (χ4v) is 3.29. The molecule has 2 N–H and O–H groups in total. The van der Waals surface area contributed by atoms with Gasteiger partial charge in [0.2, 0.25) is 0 Å². The number of hydrogen-bond acceptors (Lipinski definition) is 5. The summed E-state index contributed by atoms with van der Waals surface area (Å²) in [5.74, 6) is -0.105. The number of carbonyl (C=O) groups is 1. The molecule has 25 heavy (non-hydrogen) atoms. The number of rotatable bonds is 3. The van der Waals surface area contributed by atoms with Crippen LogP contribution < -0.4 is 0 Å². The Bertz CT molecular complexity index is 860. The van der Waals surface area contributed by atoms with Crippen LogP contribution in [-0.4, -0.2) is 44.4 Å². The van der Waals surface area contributed by atoms with Crippen LogP contribution in [0.25, 0.3) is 11.1 Å². The SMILES string of the molecule is O=C(c1cccc(-c2ccoc2)c1)N1CCC[C@@](O)(c2cn[nH]n2)C1. The second-order valence-electron chi connectivity index (χ2n) is 6.31. The first kappa shape index (κ1) is 15.6. The number of benzene rings is 1. The number of β-amino-alcohol motifs (C(OH)–C–C–N with tert-alkyl or cyclic N) is 1. The van der Waals surface area contributed by atoms with E-state index in [0.717, 1.165) is 11.1 Å². The molecule has 0 saturated carbocycles. The van der Waals surface area contributed by atoms with Crippen LogP contribution in [0.3, 0.4) is 0 Å². The van der Waals surface area contributed by atoms with E-state index in [0.29, 0.717) is 30.6 Å². The summed E-state index contributed by atoms with van der Waals surface area (Å²) < 4.78 is 5.11. The van der Waals surface area contributed by atoms with Crippen molar-refractivity contribution in [2.75, 3.05) is 13.1 Å². The van der Waals surface area contributed by atoms with Crippen molar-refractivity contribution in [1.82, 2.24) is 20.3 Å². The number of aromatic nitrogens is 3. The van der Waals surface area contributed by atoms with Gasteiger partial charge in [0.05, 0.1) is 25.3 Å². The van der Waals surface area contributed by atoms with Gasteiger partial charge in [-0.05, 0) is 36.6 Å². The minimum absolute atomic E-state index is 0.105. The van der Waals surface area contributed by atoms with E-state index in [2.05, 4.69) is 15.4 Å². The minimum Gasteiger partial charge on any atom is -0.472 e. The summed E-state index contributed by atoms with van der Waals surface area (Å²) >= 11 is 0. The number of piperidine rings is 1. The van der Waals surface area contributed by atoms with Crippen molar-refractivity contribution in [2.45, 2.75) is 18.4 Å². The summed E-state index contributed by atoms with van der Waals surface area (Å²) in [4.78, 5) is 14.6. The quantitative estimate of drug-likeness (QED) is 0.763. The molecule has 0 bridgehead atoms. The highest BCUT2D eigenvalue weighted by molar-refractivity contribution is 5.95. The molecule has 0 aliphatic carbocycles. The fourth-order valence-electron chi connectivity index (χ4n) is 3.29. The molecule has 1 aliphatic rings. The molecular formula is C18H18N4O3. The second kappa shape index (κ2) is 6.18. The van der Waals surface area contributed by atoms with Crippen molar-refractivity contribution in [3.63, 3.8) is 0 Å². The Hall–Kier alpha value is -2.93. The number of amides is 1. The van der Waals surface area contributed by atoms with Gasteiger partial charge in [0.25, 0.3) is 5.91 Å². The molecule has 1 aliphatic heterocycles. The van der Waals surface area contributed by atoms with Crippen molar-refractivity contribution >= 4 is 5.91 Å². The number of nitrogens with zero attached hydrogens (tertiary/aromatic N) is 3. The Labute approximate surface area is 144 Å². The molecule has 7 nitrogen and oxygen atoms in total. The maximum absolute atomic E-state index is 12.9. The van der Waals surface area contributed by atoms with E-state index in [-0.39, 0.29) is 12.5 Å². The predicted molar refractivity (Wildman–Crippen MR) is 89.6 cm³/mol. The summed E-state index contributed by atoms with van der Waals surface area (Å²) in [5, 5.41) is 21.1. The average Bonchev–Trinajstić information content (AvgIpc) is 3.35. The third-order valence-corrected chi connectivity index (χ3v) is 4.61. The van der Waals surface area contributed by atoms with Crippen molar-refractivity contribution in [3.8, 4) is 11.1 Å². The highest BCUT2D eigenvalue weighted by atomic mass is 16.3. The van der Waals surface area contributed by atoms with Crippen LogP contribution in [-0.2, 0) is 5.60 Å².